The number of H-pyrrole nitrogens is 1. The standard InChI is InChI=1S/C9H11N3S/c1-2-9(13-3-1)7-10-4-8-5-11-12-6-8/h1-3,5-6,10H,4,7H2,(H,11,12). The van der Waals surface area contributed by atoms with Gasteiger partial charge in [-0.25, -0.2) is 0 Å². The Morgan fingerprint density at radius 3 is 3.15 bits per heavy atom. The second kappa shape index (κ2) is 4.20. The Kier molecular flexibility index (Phi) is 2.74. The molecule has 0 atom stereocenters. The molecule has 4 heteroatoms. The lowest BCUT2D eigenvalue weighted by atomic mass is 10.3. The molecule has 2 heterocycles. The molecule has 0 aliphatic rings. The highest BCUT2D eigenvalue weighted by atomic mass is 32.1. The summed E-state index contributed by atoms with van der Waals surface area (Å²) in [4.78, 5) is 1.36. The van der Waals surface area contributed by atoms with Crippen LogP contribution in [0.5, 0.6) is 0 Å². The summed E-state index contributed by atoms with van der Waals surface area (Å²) in [5.41, 5.74) is 1.19. The van der Waals surface area contributed by atoms with Crippen molar-refractivity contribution in [2.75, 3.05) is 0 Å². The van der Waals surface area contributed by atoms with Crippen molar-refractivity contribution in [3.8, 4) is 0 Å². The van der Waals surface area contributed by atoms with Crippen molar-refractivity contribution in [1.82, 2.24) is 15.5 Å². The fraction of sp³-hybridized carbons (Fsp3) is 0.222. The predicted molar refractivity (Wildman–Crippen MR) is 53.5 cm³/mol. The van der Waals surface area contributed by atoms with Crippen molar-refractivity contribution in [2.24, 2.45) is 0 Å². The van der Waals surface area contributed by atoms with Crippen molar-refractivity contribution in [1.29, 1.82) is 0 Å². The molecule has 68 valence electrons. The van der Waals surface area contributed by atoms with Crippen LogP contribution in [-0.4, -0.2) is 10.2 Å². The summed E-state index contributed by atoms with van der Waals surface area (Å²) in [6.45, 7) is 1.80. The highest BCUT2D eigenvalue weighted by Crippen LogP contribution is 2.07. The zero-order valence-corrected chi connectivity index (χ0v) is 7.97. The Bertz CT molecular complexity index is 291. The number of hydrogen-bond donors (Lipinski definition) is 2. The fourth-order valence-corrected chi connectivity index (χ4v) is 1.79. The van der Waals surface area contributed by atoms with E-state index in [2.05, 4.69) is 33.0 Å². The van der Waals surface area contributed by atoms with E-state index in [1.54, 1.807) is 11.3 Å². The van der Waals surface area contributed by atoms with Gasteiger partial charge in [-0.3, -0.25) is 5.10 Å². The molecule has 2 aromatic heterocycles. The third-order valence-corrected chi connectivity index (χ3v) is 2.64. The van der Waals surface area contributed by atoms with Crippen LogP contribution in [0.4, 0.5) is 0 Å². The van der Waals surface area contributed by atoms with Crippen LogP contribution in [0.25, 0.3) is 0 Å². The molecule has 0 unspecified atom stereocenters. The molecule has 0 saturated carbocycles. The molecule has 0 radical (unpaired) electrons. The second-order valence-electron chi connectivity index (χ2n) is 2.79. The highest BCUT2D eigenvalue weighted by Gasteiger charge is 1.94. The number of rotatable bonds is 4. The number of aromatic amines is 1. The summed E-state index contributed by atoms with van der Waals surface area (Å²) in [6, 6.07) is 4.20. The SMILES string of the molecule is c1csc(CNCc2cn[nH]c2)c1. The van der Waals surface area contributed by atoms with E-state index < -0.39 is 0 Å². The van der Waals surface area contributed by atoms with Crippen LogP contribution < -0.4 is 5.32 Å². The van der Waals surface area contributed by atoms with E-state index in [9.17, 15) is 0 Å². The average Bonchev–Trinajstić information content (AvgIpc) is 2.75. The Balaban J connectivity index is 1.76. The minimum Gasteiger partial charge on any atom is -0.308 e. The van der Waals surface area contributed by atoms with E-state index in [0.717, 1.165) is 13.1 Å². The normalized spacial score (nSPS) is 10.5. The number of hydrogen-bond acceptors (Lipinski definition) is 3. The van der Waals surface area contributed by atoms with Crippen LogP contribution >= 0.6 is 11.3 Å². The van der Waals surface area contributed by atoms with Crippen LogP contribution in [0.3, 0.4) is 0 Å². The number of nitrogens with zero attached hydrogens (tertiary/aromatic N) is 1. The summed E-state index contributed by atoms with van der Waals surface area (Å²) in [5, 5.41) is 12.1. The Morgan fingerprint density at radius 2 is 2.46 bits per heavy atom. The molecular weight excluding hydrogens is 182 g/mol. The first-order valence-corrected chi connectivity index (χ1v) is 5.04. The maximum absolute atomic E-state index is 3.88. The van der Waals surface area contributed by atoms with Crippen LogP contribution in [0.1, 0.15) is 10.4 Å². The molecule has 13 heavy (non-hydrogen) atoms. The fourth-order valence-electron chi connectivity index (χ4n) is 1.12. The second-order valence-corrected chi connectivity index (χ2v) is 3.82. The molecule has 2 N–H and O–H groups in total. The van der Waals surface area contributed by atoms with E-state index in [0.29, 0.717) is 0 Å². The van der Waals surface area contributed by atoms with Crippen LogP contribution in [0, 0.1) is 0 Å². The van der Waals surface area contributed by atoms with Gasteiger partial charge < -0.3 is 5.32 Å². The molecule has 0 bridgehead atoms. The first-order valence-electron chi connectivity index (χ1n) is 4.16. The summed E-state index contributed by atoms with van der Waals surface area (Å²) < 4.78 is 0. The quantitative estimate of drug-likeness (QED) is 0.776. The molecule has 3 nitrogen and oxygen atoms in total. The molecule has 2 rings (SSSR count). The summed E-state index contributed by atoms with van der Waals surface area (Å²) in [6.07, 6.45) is 3.74. The lowest BCUT2D eigenvalue weighted by Gasteiger charge is -1.99. The van der Waals surface area contributed by atoms with Gasteiger partial charge in [0.2, 0.25) is 0 Å². The number of thiophene rings is 1. The minimum atomic E-state index is 0.869. The number of nitrogens with one attached hydrogen (secondary N) is 2. The molecule has 2 aromatic rings. The van der Waals surface area contributed by atoms with Gasteiger partial charge in [-0.05, 0) is 11.4 Å². The van der Waals surface area contributed by atoms with E-state index in [1.165, 1.54) is 10.4 Å². The Labute approximate surface area is 80.8 Å². The monoisotopic (exact) mass is 193 g/mol. The largest absolute Gasteiger partial charge is 0.308 e. The van der Waals surface area contributed by atoms with E-state index >= 15 is 0 Å². The third-order valence-electron chi connectivity index (χ3n) is 1.76. The Morgan fingerprint density at radius 1 is 1.46 bits per heavy atom. The average molecular weight is 193 g/mol. The summed E-state index contributed by atoms with van der Waals surface area (Å²) in [5.74, 6) is 0. The zero-order valence-electron chi connectivity index (χ0n) is 7.16. The minimum absolute atomic E-state index is 0.869. The molecule has 0 fully saturated rings. The lowest BCUT2D eigenvalue weighted by Crippen LogP contribution is -2.10. The molecule has 0 aromatic carbocycles. The lowest BCUT2D eigenvalue weighted by molar-refractivity contribution is 0.701. The van der Waals surface area contributed by atoms with Crippen molar-refractivity contribution >= 4 is 11.3 Å². The van der Waals surface area contributed by atoms with E-state index in [-0.39, 0.29) is 0 Å². The highest BCUT2D eigenvalue weighted by molar-refractivity contribution is 7.09. The van der Waals surface area contributed by atoms with Crippen molar-refractivity contribution in [2.45, 2.75) is 13.1 Å². The third kappa shape index (κ3) is 2.40. The van der Waals surface area contributed by atoms with E-state index in [4.69, 9.17) is 0 Å². The molecule has 0 amide bonds. The topological polar surface area (TPSA) is 40.7 Å². The molecular formula is C9H11N3S. The maximum atomic E-state index is 3.88. The molecule has 0 aliphatic carbocycles. The maximum Gasteiger partial charge on any atom is 0.0532 e. The van der Waals surface area contributed by atoms with Gasteiger partial charge in [0.05, 0.1) is 6.20 Å². The van der Waals surface area contributed by atoms with Gasteiger partial charge in [-0.1, -0.05) is 6.07 Å². The van der Waals surface area contributed by atoms with Crippen LogP contribution in [0.15, 0.2) is 29.9 Å². The van der Waals surface area contributed by atoms with Crippen molar-refractivity contribution in [3.05, 3.63) is 40.3 Å². The van der Waals surface area contributed by atoms with Gasteiger partial charge in [-0.15, -0.1) is 11.3 Å². The summed E-state index contributed by atoms with van der Waals surface area (Å²) in [7, 11) is 0. The van der Waals surface area contributed by atoms with Crippen LogP contribution in [-0.2, 0) is 13.1 Å². The summed E-state index contributed by atoms with van der Waals surface area (Å²) >= 11 is 1.77. The first-order chi connectivity index (χ1) is 6.45. The van der Waals surface area contributed by atoms with Crippen molar-refractivity contribution < 1.29 is 0 Å². The van der Waals surface area contributed by atoms with Gasteiger partial charge in [0.1, 0.15) is 0 Å². The van der Waals surface area contributed by atoms with Gasteiger partial charge in [0, 0.05) is 29.7 Å². The van der Waals surface area contributed by atoms with Gasteiger partial charge in [-0.2, -0.15) is 5.10 Å². The van der Waals surface area contributed by atoms with Crippen molar-refractivity contribution in [3.63, 3.8) is 0 Å². The zero-order chi connectivity index (χ0) is 8.93. The van der Waals surface area contributed by atoms with Crippen LogP contribution in [0.2, 0.25) is 0 Å². The predicted octanol–water partition coefficient (Wildman–Crippen LogP) is 1.76. The molecule has 0 spiro atoms. The molecule has 0 aliphatic heterocycles. The Hall–Kier alpha value is -1.13. The van der Waals surface area contributed by atoms with Gasteiger partial charge in [0.15, 0.2) is 0 Å². The number of aromatic nitrogens is 2. The first kappa shape index (κ1) is 8.47. The molecule has 0 saturated heterocycles. The van der Waals surface area contributed by atoms with E-state index in [1.807, 2.05) is 12.4 Å². The smallest absolute Gasteiger partial charge is 0.0532 e. The van der Waals surface area contributed by atoms with Gasteiger partial charge in [0.25, 0.3) is 0 Å². The van der Waals surface area contributed by atoms with Gasteiger partial charge >= 0.3 is 0 Å².